The lowest BCUT2D eigenvalue weighted by atomic mass is 9.87. The molecule has 0 bridgehead atoms. The van der Waals surface area contributed by atoms with Gasteiger partial charge in [-0.05, 0) is 50.7 Å². The lowest BCUT2D eigenvalue weighted by molar-refractivity contribution is -0.128. The first-order valence-corrected chi connectivity index (χ1v) is 13.5. The zero-order valence-electron chi connectivity index (χ0n) is 23.2. The van der Waals surface area contributed by atoms with E-state index < -0.39 is 17.0 Å². The van der Waals surface area contributed by atoms with Gasteiger partial charge in [0.2, 0.25) is 11.8 Å². The van der Waals surface area contributed by atoms with Crippen molar-refractivity contribution in [3.8, 4) is 5.88 Å². The number of nitrogens with one attached hydrogen (secondary N) is 3. The summed E-state index contributed by atoms with van der Waals surface area (Å²) >= 11 is 0. The molecule has 1 aliphatic rings. The number of amides is 2. The minimum atomic E-state index is -0.741. The monoisotopic (exact) mass is 541 g/mol. The number of rotatable bonds is 8. The summed E-state index contributed by atoms with van der Waals surface area (Å²) in [5.74, 6) is -0.856. The number of aromatic amines is 1. The van der Waals surface area contributed by atoms with E-state index in [4.69, 9.17) is 4.74 Å². The second-order valence-electron chi connectivity index (χ2n) is 11.4. The number of carbonyl (C=O) groups is 2. The Kier molecular flexibility index (Phi) is 8.51. The molecule has 3 N–H and O–H groups in total. The molecular weight excluding hydrogens is 504 g/mol. The summed E-state index contributed by atoms with van der Waals surface area (Å²) in [6.45, 7) is 9.54. The summed E-state index contributed by atoms with van der Waals surface area (Å²) in [4.78, 5) is 37.2. The van der Waals surface area contributed by atoms with Gasteiger partial charge in [-0.15, -0.1) is 0 Å². The molecule has 0 radical (unpaired) electrons. The summed E-state index contributed by atoms with van der Waals surface area (Å²) < 4.78 is 35.6. The number of hydrogen-bond donors (Lipinski definition) is 3. The van der Waals surface area contributed by atoms with Crippen molar-refractivity contribution in [1.82, 2.24) is 25.6 Å². The molecule has 0 spiro atoms. The summed E-state index contributed by atoms with van der Waals surface area (Å²) in [6.07, 6.45) is 3.83. The number of H-pyrrole nitrogens is 1. The van der Waals surface area contributed by atoms with E-state index in [1.54, 1.807) is 33.8 Å². The summed E-state index contributed by atoms with van der Waals surface area (Å²) in [5.41, 5.74) is 0.397. The molecule has 4 rings (SSSR count). The lowest BCUT2D eigenvalue weighted by Crippen LogP contribution is -2.37. The van der Waals surface area contributed by atoms with Crippen LogP contribution in [0.3, 0.4) is 0 Å². The molecule has 210 valence electrons. The van der Waals surface area contributed by atoms with Crippen LogP contribution in [0.5, 0.6) is 5.88 Å². The molecule has 1 fully saturated rings. The van der Waals surface area contributed by atoms with Crippen molar-refractivity contribution < 1.29 is 23.1 Å². The predicted octanol–water partition coefficient (Wildman–Crippen LogP) is 5.20. The van der Waals surface area contributed by atoms with Crippen molar-refractivity contribution in [3.63, 3.8) is 0 Å². The third-order valence-corrected chi connectivity index (χ3v) is 7.09. The highest BCUT2D eigenvalue weighted by molar-refractivity contribution is 5.99. The van der Waals surface area contributed by atoms with Crippen molar-refractivity contribution in [3.05, 3.63) is 52.3 Å². The fourth-order valence-corrected chi connectivity index (χ4v) is 4.69. The number of nitrogens with zero attached hydrogens (tertiary/aromatic N) is 2. The van der Waals surface area contributed by atoms with Crippen LogP contribution in [0.4, 0.5) is 8.78 Å². The van der Waals surface area contributed by atoms with Crippen LogP contribution < -0.4 is 15.4 Å². The summed E-state index contributed by atoms with van der Waals surface area (Å²) in [6, 6.07) is 4.22. The van der Waals surface area contributed by atoms with Crippen molar-refractivity contribution in [2.45, 2.75) is 79.3 Å². The molecule has 1 saturated carbocycles. The molecule has 8 nitrogen and oxygen atoms in total. The van der Waals surface area contributed by atoms with Crippen LogP contribution in [0.1, 0.15) is 87.6 Å². The molecule has 3 aromatic rings. The number of fused-ring (bicyclic) bond motifs is 1. The van der Waals surface area contributed by atoms with Crippen molar-refractivity contribution in [1.29, 1.82) is 0 Å². The van der Waals surface area contributed by atoms with Gasteiger partial charge in [0.25, 0.3) is 5.91 Å². The van der Waals surface area contributed by atoms with Gasteiger partial charge in [-0.2, -0.15) is 4.98 Å². The molecule has 2 amide bonds. The Balaban J connectivity index is 1.57. The van der Waals surface area contributed by atoms with Crippen LogP contribution >= 0.6 is 0 Å². The Hall–Kier alpha value is -3.56. The van der Waals surface area contributed by atoms with E-state index in [1.807, 2.05) is 0 Å². The third kappa shape index (κ3) is 6.72. The highest BCUT2D eigenvalue weighted by Crippen LogP contribution is 2.27. The highest BCUT2D eigenvalue weighted by Gasteiger charge is 2.25. The maximum atomic E-state index is 15.3. The first-order chi connectivity index (χ1) is 18.5. The van der Waals surface area contributed by atoms with E-state index in [9.17, 15) is 14.0 Å². The van der Waals surface area contributed by atoms with E-state index in [-0.39, 0.29) is 64.9 Å². The number of carbonyl (C=O) groups excluding carboxylic acids is 2. The van der Waals surface area contributed by atoms with Crippen molar-refractivity contribution in [2.24, 2.45) is 11.3 Å². The number of halogens is 2. The quantitative estimate of drug-likeness (QED) is 0.363. The fourth-order valence-electron chi connectivity index (χ4n) is 4.69. The maximum absolute atomic E-state index is 15.3. The van der Waals surface area contributed by atoms with Crippen LogP contribution in [-0.4, -0.2) is 39.4 Å². The first kappa shape index (κ1) is 28.4. The molecule has 2 aromatic heterocycles. The van der Waals surface area contributed by atoms with E-state index >= 15 is 4.39 Å². The molecule has 1 aliphatic carbocycles. The number of hydrogen-bond acceptors (Lipinski definition) is 5. The summed E-state index contributed by atoms with van der Waals surface area (Å²) in [7, 11) is 0. The van der Waals surface area contributed by atoms with Gasteiger partial charge in [-0.1, -0.05) is 33.8 Å². The molecule has 0 saturated heterocycles. The van der Waals surface area contributed by atoms with Gasteiger partial charge in [0.1, 0.15) is 23.0 Å². The predicted molar refractivity (Wildman–Crippen MR) is 144 cm³/mol. The summed E-state index contributed by atoms with van der Waals surface area (Å²) in [5, 5.41) is 5.79. The zero-order chi connectivity index (χ0) is 28.3. The first-order valence-electron chi connectivity index (χ1n) is 13.5. The van der Waals surface area contributed by atoms with Gasteiger partial charge in [-0.3, -0.25) is 9.59 Å². The van der Waals surface area contributed by atoms with Crippen LogP contribution in [0, 0.1) is 23.0 Å². The Labute approximate surface area is 227 Å². The minimum Gasteiger partial charge on any atom is -0.477 e. The largest absolute Gasteiger partial charge is 0.477 e. The molecular formula is C29H37F2N5O3. The van der Waals surface area contributed by atoms with E-state index in [1.165, 1.54) is 12.1 Å². The second kappa shape index (κ2) is 11.7. The van der Waals surface area contributed by atoms with Gasteiger partial charge >= 0.3 is 0 Å². The van der Waals surface area contributed by atoms with Crippen molar-refractivity contribution in [2.75, 3.05) is 6.61 Å². The number of benzene rings is 1. The SMILES string of the molecule is CCOc1nc2nc(Cc3c(F)ccc(CNC(=O)C(C)(C)C)c3F)[nH]c2cc1C(=O)NC1CCC(C)CC1. The lowest BCUT2D eigenvalue weighted by Gasteiger charge is -2.27. The van der Waals surface area contributed by atoms with Crippen molar-refractivity contribution >= 4 is 23.0 Å². The minimum absolute atomic E-state index is 0.0625. The third-order valence-electron chi connectivity index (χ3n) is 7.09. The smallest absolute Gasteiger partial charge is 0.257 e. The van der Waals surface area contributed by atoms with Gasteiger partial charge in [0.05, 0.1) is 12.1 Å². The zero-order valence-corrected chi connectivity index (χ0v) is 23.2. The fraction of sp³-hybridized carbons (Fsp3) is 0.517. The van der Waals surface area contributed by atoms with Crippen LogP contribution in [-0.2, 0) is 17.8 Å². The molecule has 0 unspecified atom stereocenters. The molecule has 39 heavy (non-hydrogen) atoms. The normalized spacial score (nSPS) is 17.7. The molecule has 2 heterocycles. The molecule has 10 heteroatoms. The number of aromatic nitrogens is 3. The number of ether oxygens (including phenoxy) is 1. The topological polar surface area (TPSA) is 109 Å². The Morgan fingerprint density at radius 1 is 1.13 bits per heavy atom. The Bertz CT molecular complexity index is 1360. The Morgan fingerprint density at radius 3 is 2.51 bits per heavy atom. The van der Waals surface area contributed by atoms with Gasteiger partial charge in [-0.25, -0.2) is 13.8 Å². The van der Waals surface area contributed by atoms with E-state index in [2.05, 4.69) is 32.5 Å². The average Bonchev–Trinajstić information content (AvgIpc) is 3.27. The van der Waals surface area contributed by atoms with Gasteiger partial charge in [0, 0.05) is 35.5 Å². The second-order valence-corrected chi connectivity index (χ2v) is 11.4. The number of pyridine rings is 1. The van der Waals surface area contributed by atoms with Gasteiger partial charge < -0.3 is 20.4 Å². The molecule has 0 atom stereocenters. The Morgan fingerprint density at radius 2 is 1.85 bits per heavy atom. The molecule has 0 aliphatic heterocycles. The standard InChI is InChI=1S/C29H37F2N5O3/c1-6-39-27-20(26(37)33-18-10-7-16(2)8-11-18)13-22-25(36-27)35-23(34-22)14-19-21(30)12-9-17(24(19)31)15-32-28(38)29(3,4)5/h9,12-13,16,18H,6-8,10-11,14-15H2,1-5H3,(H,32,38)(H,33,37)(H,34,35,36). The van der Waals surface area contributed by atoms with Crippen LogP contribution in [0.15, 0.2) is 18.2 Å². The van der Waals surface area contributed by atoms with Gasteiger partial charge in [0.15, 0.2) is 5.65 Å². The number of imidazole rings is 1. The van der Waals surface area contributed by atoms with Crippen LogP contribution in [0.2, 0.25) is 0 Å². The highest BCUT2D eigenvalue weighted by atomic mass is 19.1. The van der Waals surface area contributed by atoms with E-state index in [0.29, 0.717) is 18.0 Å². The van der Waals surface area contributed by atoms with E-state index in [0.717, 1.165) is 25.7 Å². The maximum Gasteiger partial charge on any atom is 0.257 e. The van der Waals surface area contributed by atoms with Crippen LogP contribution in [0.25, 0.3) is 11.2 Å². The molecule has 1 aromatic carbocycles. The average molecular weight is 542 g/mol.